The summed E-state index contributed by atoms with van der Waals surface area (Å²) in [5, 5.41) is 0.452. The standard InChI is InChI=1S/C18H12ClNO4/c1-23-17(21)12-8-6-11(7-9-12)10-15-18(22)24-16(20-15)13-4-2-3-5-14(13)19/h2-10H,1H3/b15-10+. The number of cyclic esters (lactones) is 1. The third kappa shape index (κ3) is 3.21. The van der Waals surface area contributed by atoms with E-state index in [1.54, 1.807) is 54.6 Å². The molecule has 0 atom stereocenters. The molecule has 0 fully saturated rings. The molecule has 0 N–H and O–H groups in total. The molecule has 0 aliphatic carbocycles. The van der Waals surface area contributed by atoms with Gasteiger partial charge in [0.1, 0.15) is 0 Å². The molecule has 0 bridgehead atoms. The quantitative estimate of drug-likeness (QED) is 0.633. The highest BCUT2D eigenvalue weighted by molar-refractivity contribution is 6.34. The minimum absolute atomic E-state index is 0.163. The normalized spacial score (nSPS) is 15.2. The monoisotopic (exact) mass is 341 g/mol. The fourth-order valence-electron chi connectivity index (χ4n) is 2.15. The maximum absolute atomic E-state index is 12.0. The number of aliphatic imine (C=N–C) groups is 1. The van der Waals surface area contributed by atoms with Crippen molar-refractivity contribution in [2.24, 2.45) is 4.99 Å². The Hall–Kier alpha value is -2.92. The van der Waals surface area contributed by atoms with Gasteiger partial charge in [-0.15, -0.1) is 0 Å². The minimum atomic E-state index is -0.554. The van der Waals surface area contributed by atoms with Crippen LogP contribution >= 0.6 is 11.6 Å². The number of methoxy groups -OCH3 is 1. The Kier molecular flexibility index (Phi) is 4.44. The highest BCUT2D eigenvalue weighted by atomic mass is 35.5. The molecular weight excluding hydrogens is 330 g/mol. The van der Waals surface area contributed by atoms with Gasteiger partial charge in [0.05, 0.1) is 23.3 Å². The summed E-state index contributed by atoms with van der Waals surface area (Å²) in [6.45, 7) is 0. The van der Waals surface area contributed by atoms with Crippen LogP contribution in [-0.2, 0) is 14.3 Å². The number of benzene rings is 2. The Morgan fingerprint density at radius 1 is 1.17 bits per heavy atom. The van der Waals surface area contributed by atoms with Gasteiger partial charge in [-0.25, -0.2) is 14.6 Å². The van der Waals surface area contributed by atoms with E-state index in [9.17, 15) is 9.59 Å². The lowest BCUT2D eigenvalue weighted by Gasteiger charge is -2.00. The van der Waals surface area contributed by atoms with Crippen LogP contribution in [0.1, 0.15) is 21.5 Å². The highest BCUT2D eigenvalue weighted by Crippen LogP contribution is 2.23. The van der Waals surface area contributed by atoms with Crippen LogP contribution in [0.5, 0.6) is 0 Å². The Bertz CT molecular complexity index is 869. The van der Waals surface area contributed by atoms with Gasteiger partial charge in [-0.1, -0.05) is 35.9 Å². The number of hydrogen-bond donors (Lipinski definition) is 0. The second-order valence-corrected chi connectivity index (χ2v) is 5.34. The van der Waals surface area contributed by atoms with Crippen molar-refractivity contribution in [1.82, 2.24) is 0 Å². The molecular formula is C18H12ClNO4. The molecule has 0 radical (unpaired) electrons. The van der Waals surface area contributed by atoms with Gasteiger partial charge in [-0.2, -0.15) is 0 Å². The Morgan fingerprint density at radius 2 is 1.88 bits per heavy atom. The van der Waals surface area contributed by atoms with Crippen LogP contribution < -0.4 is 0 Å². The summed E-state index contributed by atoms with van der Waals surface area (Å²) in [7, 11) is 1.32. The molecule has 1 aliphatic heterocycles. The van der Waals surface area contributed by atoms with Gasteiger partial charge < -0.3 is 9.47 Å². The van der Waals surface area contributed by atoms with Crippen molar-refractivity contribution in [3.05, 3.63) is 75.9 Å². The molecule has 2 aromatic carbocycles. The average Bonchev–Trinajstić information content (AvgIpc) is 2.95. The van der Waals surface area contributed by atoms with Crippen molar-refractivity contribution in [1.29, 1.82) is 0 Å². The predicted molar refractivity (Wildman–Crippen MR) is 89.8 cm³/mol. The van der Waals surface area contributed by atoms with Crippen LogP contribution in [0, 0.1) is 0 Å². The summed E-state index contributed by atoms with van der Waals surface area (Å²) >= 11 is 6.09. The first kappa shape index (κ1) is 16.0. The van der Waals surface area contributed by atoms with Crippen LogP contribution in [0.25, 0.3) is 6.08 Å². The molecule has 6 heteroatoms. The lowest BCUT2D eigenvalue weighted by atomic mass is 10.1. The second-order valence-electron chi connectivity index (χ2n) is 4.93. The van der Waals surface area contributed by atoms with Crippen molar-refractivity contribution in [3.63, 3.8) is 0 Å². The van der Waals surface area contributed by atoms with Crippen molar-refractivity contribution in [2.45, 2.75) is 0 Å². The summed E-state index contributed by atoms with van der Waals surface area (Å²) in [6, 6.07) is 13.6. The lowest BCUT2D eigenvalue weighted by Crippen LogP contribution is -2.05. The zero-order valence-electron chi connectivity index (χ0n) is 12.7. The smallest absolute Gasteiger partial charge is 0.363 e. The summed E-state index contributed by atoms with van der Waals surface area (Å²) in [6.07, 6.45) is 1.58. The van der Waals surface area contributed by atoms with Crippen molar-refractivity contribution in [2.75, 3.05) is 7.11 Å². The minimum Gasteiger partial charge on any atom is -0.465 e. The fraction of sp³-hybridized carbons (Fsp3) is 0.0556. The number of rotatable bonds is 3. The Labute approximate surface area is 143 Å². The molecule has 0 saturated heterocycles. The van der Waals surface area contributed by atoms with Gasteiger partial charge in [-0.3, -0.25) is 0 Å². The van der Waals surface area contributed by atoms with E-state index in [-0.39, 0.29) is 11.6 Å². The van der Waals surface area contributed by atoms with Crippen LogP contribution in [0.3, 0.4) is 0 Å². The van der Waals surface area contributed by atoms with Crippen LogP contribution in [0.15, 0.2) is 59.2 Å². The van der Waals surface area contributed by atoms with Gasteiger partial charge in [0.25, 0.3) is 0 Å². The van der Waals surface area contributed by atoms with Gasteiger partial charge in [0.2, 0.25) is 5.90 Å². The molecule has 0 saturated carbocycles. The Morgan fingerprint density at radius 3 is 2.54 bits per heavy atom. The summed E-state index contributed by atoms with van der Waals surface area (Å²) in [5.41, 5.74) is 1.85. The molecule has 3 rings (SSSR count). The van der Waals surface area contributed by atoms with E-state index < -0.39 is 11.9 Å². The van der Waals surface area contributed by atoms with Crippen LogP contribution in [0.2, 0.25) is 5.02 Å². The number of ether oxygens (including phenoxy) is 2. The highest BCUT2D eigenvalue weighted by Gasteiger charge is 2.25. The van der Waals surface area contributed by atoms with Crippen molar-refractivity contribution < 1.29 is 19.1 Å². The van der Waals surface area contributed by atoms with E-state index in [0.717, 1.165) is 0 Å². The van der Waals surface area contributed by atoms with E-state index in [4.69, 9.17) is 16.3 Å². The number of halogens is 1. The summed E-state index contributed by atoms with van der Waals surface area (Å²) in [5.74, 6) is -0.807. The molecule has 5 nitrogen and oxygen atoms in total. The lowest BCUT2D eigenvalue weighted by molar-refractivity contribution is -0.129. The van der Waals surface area contributed by atoms with Crippen molar-refractivity contribution >= 4 is 35.5 Å². The number of carbonyl (C=O) groups excluding carboxylic acids is 2. The van der Waals surface area contributed by atoms with E-state index >= 15 is 0 Å². The first-order valence-corrected chi connectivity index (χ1v) is 7.42. The molecule has 2 aromatic rings. The number of carbonyl (C=O) groups is 2. The van der Waals surface area contributed by atoms with Gasteiger partial charge in [-0.05, 0) is 35.9 Å². The molecule has 24 heavy (non-hydrogen) atoms. The maximum atomic E-state index is 12.0. The third-order valence-electron chi connectivity index (χ3n) is 3.36. The molecule has 0 amide bonds. The SMILES string of the molecule is COC(=O)c1ccc(/C=C2/N=C(c3ccccc3Cl)OC2=O)cc1. The van der Waals surface area contributed by atoms with Gasteiger partial charge in [0.15, 0.2) is 5.70 Å². The zero-order valence-corrected chi connectivity index (χ0v) is 13.4. The average molecular weight is 342 g/mol. The van der Waals surface area contributed by atoms with Gasteiger partial charge >= 0.3 is 11.9 Å². The van der Waals surface area contributed by atoms with E-state index in [1.807, 2.05) is 0 Å². The topological polar surface area (TPSA) is 65.0 Å². The molecule has 0 aromatic heterocycles. The number of nitrogens with zero attached hydrogens (tertiary/aromatic N) is 1. The van der Waals surface area contributed by atoms with Crippen LogP contribution in [0.4, 0.5) is 0 Å². The largest absolute Gasteiger partial charge is 0.465 e. The zero-order chi connectivity index (χ0) is 17.1. The Balaban J connectivity index is 1.89. The van der Waals surface area contributed by atoms with Gasteiger partial charge in [0, 0.05) is 0 Å². The third-order valence-corrected chi connectivity index (χ3v) is 3.69. The second kappa shape index (κ2) is 6.68. The first-order valence-electron chi connectivity index (χ1n) is 7.04. The van der Waals surface area contributed by atoms with Crippen LogP contribution in [-0.4, -0.2) is 24.9 Å². The molecule has 120 valence electrons. The molecule has 1 aliphatic rings. The molecule has 0 spiro atoms. The van der Waals surface area contributed by atoms with E-state index in [1.165, 1.54) is 7.11 Å². The molecule has 1 heterocycles. The van der Waals surface area contributed by atoms with E-state index in [0.29, 0.717) is 21.7 Å². The maximum Gasteiger partial charge on any atom is 0.363 e. The van der Waals surface area contributed by atoms with Crippen molar-refractivity contribution in [3.8, 4) is 0 Å². The fourth-order valence-corrected chi connectivity index (χ4v) is 2.37. The predicted octanol–water partition coefficient (Wildman–Crippen LogP) is 3.47. The van der Waals surface area contributed by atoms with E-state index in [2.05, 4.69) is 9.73 Å². The summed E-state index contributed by atoms with van der Waals surface area (Å²) < 4.78 is 9.81. The number of hydrogen-bond acceptors (Lipinski definition) is 5. The number of esters is 2. The molecule has 0 unspecified atom stereocenters. The first-order chi connectivity index (χ1) is 11.6. The summed E-state index contributed by atoms with van der Waals surface area (Å²) in [4.78, 5) is 27.6.